The van der Waals surface area contributed by atoms with E-state index >= 15 is 0 Å². The molecule has 0 saturated heterocycles. The molecule has 0 aromatic heterocycles. The molecule has 0 aliphatic heterocycles. The normalized spacial score (nSPS) is 11.7. The van der Waals surface area contributed by atoms with Crippen LogP contribution in [0.4, 0.5) is 5.69 Å². The molecule has 29 heavy (non-hydrogen) atoms. The zero-order valence-electron chi connectivity index (χ0n) is 16.5. The summed E-state index contributed by atoms with van der Waals surface area (Å²) in [5.74, 6) is -0.377. The maximum Gasteiger partial charge on any atom is 0.253 e. The first-order valence-corrected chi connectivity index (χ1v) is 10.4. The first-order valence-electron chi connectivity index (χ1n) is 9.52. The Morgan fingerprint density at radius 2 is 1.38 bits per heavy atom. The number of anilines is 1. The molecule has 2 amide bonds. The van der Waals surface area contributed by atoms with E-state index in [0.29, 0.717) is 11.3 Å². The number of amides is 2. The standard InChI is InChI=1S/C24H24N2O2S/c1-17(2)25-23(27)20-15-9-10-16-21(20)26-24(28)22(18-11-5-3-6-12-18)29-19-13-7-4-8-14-19/h3-17,22H,1-2H3,(H,25,27)(H,26,28). The lowest BCUT2D eigenvalue weighted by Gasteiger charge is -2.19. The van der Waals surface area contributed by atoms with Gasteiger partial charge in [-0.3, -0.25) is 9.59 Å². The van der Waals surface area contributed by atoms with Crippen LogP contribution in [0.2, 0.25) is 0 Å². The molecule has 4 nitrogen and oxygen atoms in total. The van der Waals surface area contributed by atoms with E-state index in [4.69, 9.17) is 0 Å². The SMILES string of the molecule is CC(C)NC(=O)c1ccccc1NC(=O)C(Sc1ccccc1)c1ccccc1. The Balaban J connectivity index is 1.87. The lowest BCUT2D eigenvalue weighted by molar-refractivity contribution is -0.115. The quantitative estimate of drug-likeness (QED) is 0.526. The van der Waals surface area contributed by atoms with Gasteiger partial charge in [-0.25, -0.2) is 0 Å². The van der Waals surface area contributed by atoms with Crippen LogP contribution in [0, 0.1) is 0 Å². The van der Waals surface area contributed by atoms with E-state index in [0.717, 1.165) is 10.5 Å². The molecule has 3 aromatic rings. The Hall–Kier alpha value is -3.05. The largest absolute Gasteiger partial charge is 0.350 e. The van der Waals surface area contributed by atoms with E-state index in [1.54, 1.807) is 18.2 Å². The zero-order valence-corrected chi connectivity index (χ0v) is 17.3. The highest BCUT2D eigenvalue weighted by Gasteiger charge is 2.23. The van der Waals surface area contributed by atoms with Crippen molar-refractivity contribution in [2.45, 2.75) is 30.0 Å². The summed E-state index contributed by atoms with van der Waals surface area (Å²) in [5.41, 5.74) is 1.86. The van der Waals surface area contributed by atoms with Gasteiger partial charge >= 0.3 is 0 Å². The fraction of sp³-hybridized carbons (Fsp3) is 0.167. The molecule has 0 fully saturated rings. The number of hydrogen-bond acceptors (Lipinski definition) is 3. The Labute approximate surface area is 175 Å². The van der Waals surface area contributed by atoms with Crippen LogP contribution in [-0.2, 0) is 4.79 Å². The fourth-order valence-corrected chi connectivity index (χ4v) is 3.91. The van der Waals surface area contributed by atoms with E-state index in [2.05, 4.69) is 10.6 Å². The first kappa shape index (κ1) is 20.7. The van der Waals surface area contributed by atoms with Gasteiger partial charge in [-0.2, -0.15) is 0 Å². The van der Waals surface area contributed by atoms with Crippen molar-refractivity contribution >= 4 is 29.3 Å². The van der Waals surface area contributed by atoms with Gasteiger partial charge in [0, 0.05) is 10.9 Å². The minimum atomic E-state index is -0.445. The second-order valence-corrected chi connectivity index (χ2v) is 8.06. The van der Waals surface area contributed by atoms with Gasteiger partial charge in [0.05, 0.1) is 11.3 Å². The maximum absolute atomic E-state index is 13.3. The van der Waals surface area contributed by atoms with Gasteiger partial charge in [0.15, 0.2) is 0 Å². The average Bonchev–Trinajstić information content (AvgIpc) is 2.73. The summed E-state index contributed by atoms with van der Waals surface area (Å²) in [6, 6.07) is 26.6. The molecule has 0 heterocycles. The van der Waals surface area contributed by atoms with Crippen molar-refractivity contribution in [3.63, 3.8) is 0 Å². The fourth-order valence-electron chi connectivity index (χ4n) is 2.86. The second-order valence-electron chi connectivity index (χ2n) is 6.88. The van der Waals surface area contributed by atoms with Crippen molar-refractivity contribution in [1.82, 2.24) is 5.32 Å². The molecule has 0 radical (unpaired) electrons. The summed E-state index contributed by atoms with van der Waals surface area (Å²) >= 11 is 1.48. The molecule has 0 spiro atoms. The summed E-state index contributed by atoms with van der Waals surface area (Å²) in [7, 11) is 0. The van der Waals surface area contributed by atoms with Crippen LogP contribution in [0.25, 0.3) is 0 Å². The van der Waals surface area contributed by atoms with E-state index in [1.807, 2.05) is 80.6 Å². The minimum absolute atomic E-state index is 0.0111. The summed E-state index contributed by atoms with van der Waals surface area (Å²) in [6.07, 6.45) is 0. The summed E-state index contributed by atoms with van der Waals surface area (Å²) in [6.45, 7) is 3.81. The summed E-state index contributed by atoms with van der Waals surface area (Å²) in [5, 5.41) is 5.40. The van der Waals surface area contributed by atoms with Crippen molar-refractivity contribution in [3.8, 4) is 0 Å². The molecule has 3 aromatic carbocycles. The van der Waals surface area contributed by atoms with E-state index in [-0.39, 0.29) is 17.9 Å². The maximum atomic E-state index is 13.3. The van der Waals surface area contributed by atoms with Gasteiger partial charge in [0.25, 0.3) is 5.91 Å². The van der Waals surface area contributed by atoms with E-state index in [9.17, 15) is 9.59 Å². The molecule has 0 aliphatic rings. The number of carbonyl (C=O) groups is 2. The Morgan fingerprint density at radius 3 is 2.03 bits per heavy atom. The third kappa shape index (κ3) is 5.72. The van der Waals surface area contributed by atoms with Crippen molar-refractivity contribution in [2.75, 3.05) is 5.32 Å². The molecular weight excluding hydrogens is 380 g/mol. The number of thioether (sulfide) groups is 1. The summed E-state index contributed by atoms with van der Waals surface area (Å²) in [4.78, 5) is 26.8. The third-order valence-corrected chi connectivity index (χ3v) is 5.45. The number of hydrogen-bond donors (Lipinski definition) is 2. The van der Waals surface area contributed by atoms with Gasteiger partial charge < -0.3 is 10.6 Å². The predicted molar refractivity (Wildman–Crippen MR) is 119 cm³/mol. The first-order chi connectivity index (χ1) is 14.0. The molecule has 3 rings (SSSR count). The smallest absolute Gasteiger partial charge is 0.253 e. The van der Waals surface area contributed by atoms with Crippen LogP contribution in [0.1, 0.15) is 35.0 Å². The molecule has 2 N–H and O–H groups in total. The van der Waals surface area contributed by atoms with Crippen LogP contribution in [0.5, 0.6) is 0 Å². The van der Waals surface area contributed by atoms with Crippen LogP contribution in [0.15, 0.2) is 89.8 Å². The van der Waals surface area contributed by atoms with E-state index in [1.165, 1.54) is 11.8 Å². The van der Waals surface area contributed by atoms with Crippen LogP contribution in [-0.4, -0.2) is 17.9 Å². The van der Waals surface area contributed by atoms with Gasteiger partial charge in [-0.15, -0.1) is 11.8 Å². The van der Waals surface area contributed by atoms with Crippen molar-refractivity contribution in [3.05, 3.63) is 96.1 Å². The van der Waals surface area contributed by atoms with Gasteiger partial charge in [0.2, 0.25) is 5.91 Å². The Bertz CT molecular complexity index is 959. The molecular formula is C24H24N2O2S. The number of nitrogens with one attached hydrogen (secondary N) is 2. The van der Waals surface area contributed by atoms with Crippen LogP contribution in [0.3, 0.4) is 0 Å². The van der Waals surface area contributed by atoms with Crippen molar-refractivity contribution in [2.24, 2.45) is 0 Å². The highest BCUT2D eigenvalue weighted by Crippen LogP contribution is 2.36. The third-order valence-electron chi connectivity index (χ3n) is 4.19. The van der Waals surface area contributed by atoms with Crippen LogP contribution >= 0.6 is 11.8 Å². The molecule has 148 valence electrons. The number of rotatable bonds is 7. The molecule has 0 aliphatic carbocycles. The van der Waals surface area contributed by atoms with Crippen molar-refractivity contribution < 1.29 is 9.59 Å². The highest BCUT2D eigenvalue weighted by molar-refractivity contribution is 8.00. The molecule has 1 atom stereocenters. The van der Waals surface area contributed by atoms with Gasteiger partial charge in [0.1, 0.15) is 5.25 Å². The highest BCUT2D eigenvalue weighted by atomic mass is 32.2. The molecule has 5 heteroatoms. The second kappa shape index (κ2) is 9.94. The van der Waals surface area contributed by atoms with E-state index < -0.39 is 5.25 Å². The molecule has 0 bridgehead atoms. The number of carbonyl (C=O) groups excluding carboxylic acids is 2. The minimum Gasteiger partial charge on any atom is -0.350 e. The Morgan fingerprint density at radius 1 is 0.793 bits per heavy atom. The summed E-state index contributed by atoms with van der Waals surface area (Å²) < 4.78 is 0. The number of benzene rings is 3. The topological polar surface area (TPSA) is 58.2 Å². The average molecular weight is 405 g/mol. The van der Waals surface area contributed by atoms with Crippen molar-refractivity contribution in [1.29, 1.82) is 0 Å². The lowest BCUT2D eigenvalue weighted by atomic mass is 10.1. The Kier molecular flexibility index (Phi) is 7.09. The van der Waals surface area contributed by atoms with Gasteiger partial charge in [-0.1, -0.05) is 60.7 Å². The molecule has 1 unspecified atom stereocenters. The number of para-hydroxylation sites is 1. The lowest BCUT2D eigenvalue weighted by Crippen LogP contribution is -2.31. The predicted octanol–water partition coefficient (Wildman–Crippen LogP) is 5.30. The monoisotopic (exact) mass is 404 g/mol. The zero-order chi connectivity index (χ0) is 20.6. The van der Waals surface area contributed by atoms with Gasteiger partial charge in [-0.05, 0) is 43.7 Å². The van der Waals surface area contributed by atoms with Crippen LogP contribution < -0.4 is 10.6 Å². The molecule has 0 saturated carbocycles.